The average molecular weight is 493 g/mol. The number of hydrogen-bond acceptors (Lipinski definition) is 3. The lowest BCUT2D eigenvalue weighted by Crippen LogP contribution is -2.22. The maximum absolute atomic E-state index is 12.8. The Morgan fingerprint density at radius 3 is 2.43 bits per heavy atom. The number of para-hydroxylation sites is 1. The van der Waals surface area contributed by atoms with E-state index in [0.29, 0.717) is 12.3 Å². The van der Waals surface area contributed by atoms with Gasteiger partial charge in [-0.25, -0.2) is 9.78 Å². The van der Waals surface area contributed by atoms with Crippen LogP contribution in [-0.2, 0) is 9.53 Å². The standard InChI is InChI=1S/C32H34N3O2/c1-6-13-30(34(5)7-2)32(36)37-22-23(3)24(4)28-20-25-14-11-12-15-26(25)21-29(28)31-33-18-19-35(31)27-16-9-8-10-17-27/h6-21,23-24H,1,22H2,2-5H3/q+1/b30-13-,34-7?/t23-,24?/m1/s1. The fourth-order valence-electron chi connectivity index (χ4n) is 4.44. The Morgan fingerprint density at radius 2 is 1.76 bits per heavy atom. The van der Waals surface area contributed by atoms with Crippen molar-refractivity contribution in [3.8, 4) is 17.1 Å². The molecule has 2 atom stereocenters. The van der Waals surface area contributed by atoms with Crippen molar-refractivity contribution in [3.63, 3.8) is 0 Å². The zero-order valence-electron chi connectivity index (χ0n) is 22.0. The summed E-state index contributed by atoms with van der Waals surface area (Å²) in [4.78, 5) is 17.6. The van der Waals surface area contributed by atoms with Crippen molar-refractivity contribution < 1.29 is 14.1 Å². The van der Waals surface area contributed by atoms with Gasteiger partial charge < -0.3 is 4.74 Å². The van der Waals surface area contributed by atoms with Crippen molar-refractivity contribution in [2.75, 3.05) is 13.7 Å². The molecule has 1 aromatic heterocycles. The van der Waals surface area contributed by atoms with E-state index in [1.165, 1.54) is 10.9 Å². The van der Waals surface area contributed by atoms with Crippen LogP contribution in [0.2, 0.25) is 0 Å². The highest BCUT2D eigenvalue weighted by Gasteiger charge is 2.25. The topological polar surface area (TPSA) is 47.1 Å². The molecule has 0 saturated heterocycles. The average Bonchev–Trinajstić information content (AvgIpc) is 3.43. The monoisotopic (exact) mass is 492 g/mol. The number of carbonyl (C=O) groups is 1. The first-order valence-corrected chi connectivity index (χ1v) is 12.6. The SMILES string of the molecule is C=C/C=C(/C(=O)OC[C@@H](C)C(C)c1cc2ccccc2cc1-c1nccn1-c1ccccc1)[N+](C)=CC. The molecule has 0 saturated carbocycles. The lowest BCUT2D eigenvalue weighted by molar-refractivity contribution is -0.435. The van der Waals surface area contributed by atoms with E-state index < -0.39 is 0 Å². The summed E-state index contributed by atoms with van der Waals surface area (Å²) in [7, 11) is 1.82. The molecule has 37 heavy (non-hydrogen) atoms. The molecule has 188 valence electrons. The number of benzene rings is 3. The molecule has 0 N–H and O–H groups in total. The first-order chi connectivity index (χ1) is 17.9. The van der Waals surface area contributed by atoms with Gasteiger partial charge in [-0.1, -0.05) is 75.0 Å². The van der Waals surface area contributed by atoms with Crippen LogP contribution in [0.1, 0.15) is 32.3 Å². The van der Waals surface area contributed by atoms with Crippen LogP contribution in [0.3, 0.4) is 0 Å². The van der Waals surface area contributed by atoms with E-state index in [9.17, 15) is 4.79 Å². The summed E-state index contributed by atoms with van der Waals surface area (Å²) in [6.45, 7) is 10.2. The molecule has 0 amide bonds. The number of esters is 1. The molecule has 0 bridgehead atoms. The molecule has 0 radical (unpaired) electrons. The van der Waals surface area contributed by atoms with E-state index in [1.807, 2.05) is 50.8 Å². The third kappa shape index (κ3) is 5.61. The highest BCUT2D eigenvalue weighted by Crippen LogP contribution is 2.37. The van der Waals surface area contributed by atoms with Crippen molar-refractivity contribution >= 4 is 23.0 Å². The van der Waals surface area contributed by atoms with Crippen molar-refractivity contribution in [2.24, 2.45) is 5.92 Å². The summed E-state index contributed by atoms with van der Waals surface area (Å²) in [5.74, 6) is 0.706. The van der Waals surface area contributed by atoms with Crippen molar-refractivity contribution in [2.45, 2.75) is 26.7 Å². The first-order valence-electron chi connectivity index (χ1n) is 12.6. The molecule has 1 unspecified atom stereocenters. The first kappa shape index (κ1) is 25.8. The van der Waals surface area contributed by atoms with Gasteiger partial charge in [-0.2, -0.15) is 4.58 Å². The molecule has 5 heteroatoms. The maximum Gasteiger partial charge on any atom is 0.403 e. The summed E-state index contributed by atoms with van der Waals surface area (Å²) >= 11 is 0. The van der Waals surface area contributed by atoms with Crippen LogP contribution in [0.25, 0.3) is 27.8 Å². The van der Waals surface area contributed by atoms with Crippen molar-refractivity contribution in [1.29, 1.82) is 0 Å². The van der Waals surface area contributed by atoms with Crippen LogP contribution in [0, 0.1) is 5.92 Å². The quantitative estimate of drug-likeness (QED) is 0.0851. The van der Waals surface area contributed by atoms with Gasteiger partial charge in [0, 0.05) is 36.6 Å². The lowest BCUT2D eigenvalue weighted by atomic mass is 9.84. The van der Waals surface area contributed by atoms with Crippen molar-refractivity contribution in [1.82, 2.24) is 9.55 Å². The smallest absolute Gasteiger partial charge is 0.403 e. The third-order valence-corrected chi connectivity index (χ3v) is 6.91. The molecule has 5 nitrogen and oxygen atoms in total. The number of likely N-dealkylation sites (N-methyl/N-ethyl adjacent to an activating group) is 1. The van der Waals surface area contributed by atoms with Gasteiger partial charge in [-0.05, 0) is 46.4 Å². The summed E-state index contributed by atoms with van der Waals surface area (Å²) in [5.41, 5.74) is 3.76. The van der Waals surface area contributed by atoms with Crippen molar-refractivity contribution in [3.05, 3.63) is 109 Å². The maximum atomic E-state index is 12.8. The van der Waals surface area contributed by atoms with Crippen LogP contribution >= 0.6 is 0 Å². The van der Waals surface area contributed by atoms with Gasteiger partial charge in [0.15, 0.2) is 0 Å². The van der Waals surface area contributed by atoms with Gasteiger partial charge in [0.25, 0.3) is 5.70 Å². The fourth-order valence-corrected chi connectivity index (χ4v) is 4.44. The van der Waals surface area contributed by atoms with E-state index in [-0.39, 0.29) is 17.8 Å². The highest BCUT2D eigenvalue weighted by molar-refractivity contribution is 5.89. The van der Waals surface area contributed by atoms with Crippen LogP contribution in [0.5, 0.6) is 0 Å². The van der Waals surface area contributed by atoms with E-state index in [2.05, 4.69) is 73.5 Å². The Balaban J connectivity index is 1.69. The normalized spacial score (nSPS) is 13.8. The van der Waals surface area contributed by atoms with Gasteiger partial charge in [0.05, 0.1) is 6.61 Å². The molecule has 0 aliphatic carbocycles. The number of aromatic nitrogens is 2. The second kappa shape index (κ2) is 11.7. The Hall–Kier alpha value is -4.25. The third-order valence-electron chi connectivity index (χ3n) is 6.91. The van der Waals surface area contributed by atoms with Gasteiger partial charge in [-0.3, -0.25) is 4.57 Å². The van der Waals surface area contributed by atoms with Crippen LogP contribution < -0.4 is 0 Å². The zero-order valence-corrected chi connectivity index (χ0v) is 22.0. The van der Waals surface area contributed by atoms with Gasteiger partial charge in [0.1, 0.15) is 19.1 Å². The molecule has 0 aliphatic rings. The number of fused-ring (bicyclic) bond motifs is 1. The summed E-state index contributed by atoms with van der Waals surface area (Å²) in [6, 6.07) is 23.1. The molecular weight excluding hydrogens is 458 g/mol. The van der Waals surface area contributed by atoms with Gasteiger partial charge in [-0.15, -0.1) is 0 Å². The molecule has 0 fully saturated rings. The Bertz CT molecular complexity index is 1460. The molecule has 0 spiro atoms. The molecule has 4 aromatic rings. The molecule has 4 rings (SSSR count). The van der Waals surface area contributed by atoms with E-state index >= 15 is 0 Å². The number of imidazole rings is 1. The Kier molecular flexibility index (Phi) is 8.14. The minimum Gasteiger partial charge on any atom is -0.457 e. The minimum absolute atomic E-state index is 0.0740. The molecule has 1 heterocycles. The lowest BCUT2D eigenvalue weighted by Gasteiger charge is -2.24. The van der Waals surface area contributed by atoms with E-state index in [4.69, 9.17) is 9.72 Å². The largest absolute Gasteiger partial charge is 0.457 e. The molecule has 0 aliphatic heterocycles. The summed E-state index contributed by atoms with van der Waals surface area (Å²) in [6.07, 6.45) is 8.92. The number of ether oxygens (including phenoxy) is 1. The molecule has 3 aromatic carbocycles. The number of allylic oxidation sites excluding steroid dienone is 2. The van der Waals surface area contributed by atoms with E-state index in [1.54, 1.807) is 16.7 Å². The number of nitrogens with zero attached hydrogens (tertiary/aromatic N) is 3. The molecular formula is C32H34N3O2+. The van der Waals surface area contributed by atoms with E-state index in [0.717, 1.165) is 22.5 Å². The predicted molar refractivity (Wildman–Crippen MR) is 151 cm³/mol. The minimum atomic E-state index is -0.363. The number of hydrogen-bond donors (Lipinski definition) is 0. The summed E-state index contributed by atoms with van der Waals surface area (Å²) in [5, 5.41) is 2.33. The van der Waals surface area contributed by atoms with Gasteiger partial charge >= 0.3 is 5.97 Å². The zero-order chi connectivity index (χ0) is 26.4. The number of carbonyl (C=O) groups excluding carboxylic acids is 1. The Labute approximate surface area is 219 Å². The van der Waals surface area contributed by atoms with Crippen LogP contribution in [-0.4, -0.2) is 40.0 Å². The highest BCUT2D eigenvalue weighted by atomic mass is 16.5. The van der Waals surface area contributed by atoms with Crippen LogP contribution in [0.15, 0.2) is 104 Å². The second-order valence-electron chi connectivity index (χ2n) is 9.26. The van der Waals surface area contributed by atoms with Crippen LogP contribution in [0.4, 0.5) is 0 Å². The summed E-state index contributed by atoms with van der Waals surface area (Å²) < 4.78 is 9.62. The second-order valence-corrected chi connectivity index (χ2v) is 9.26. The van der Waals surface area contributed by atoms with Gasteiger partial charge in [0.2, 0.25) is 0 Å². The Morgan fingerprint density at radius 1 is 1.08 bits per heavy atom. The fraction of sp³-hybridized carbons (Fsp3) is 0.219. The number of rotatable bonds is 9. The predicted octanol–water partition coefficient (Wildman–Crippen LogP) is 6.78.